The van der Waals surface area contributed by atoms with Crippen LogP contribution in [0, 0.1) is 6.08 Å². The number of hydrogen-bond acceptors (Lipinski definition) is 1. The summed E-state index contributed by atoms with van der Waals surface area (Å²) in [5, 5.41) is 12.0. The number of allylic oxidation sites excluding steroid dienone is 3. The van der Waals surface area contributed by atoms with Crippen LogP contribution in [0.4, 0.5) is 0 Å². The van der Waals surface area contributed by atoms with Crippen molar-refractivity contribution in [2.75, 3.05) is 28.2 Å². The van der Waals surface area contributed by atoms with E-state index in [0.717, 1.165) is 6.42 Å². The van der Waals surface area contributed by atoms with Gasteiger partial charge in [0.05, 0.1) is 0 Å². The van der Waals surface area contributed by atoms with Gasteiger partial charge in [0.25, 0.3) is 0 Å². The zero-order valence-corrected chi connectivity index (χ0v) is 17.8. The van der Waals surface area contributed by atoms with Crippen molar-refractivity contribution in [3.8, 4) is 0 Å². The van der Waals surface area contributed by atoms with Crippen LogP contribution in [0.1, 0.15) is 27.2 Å². The molecule has 0 aliphatic heterocycles. The number of nitrogens with one attached hydrogen (secondary N) is 1. The molecule has 0 amide bonds. The summed E-state index contributed by atoms with van der Waals surface area (Å²) in [6.45, 7) is 11.3. The van der Waals surface area contributed by atoms with Crippen LogP contribution in [0.5, 0.6) is 0 Å². The Labute approximate surface area is 142 Å². The third-order valence-corrected chi connectivity index (χ3v) is 3.65. The molecule has 0 unspecified atom stereocenters. The van der Waals surface area contributed by atoms with Crippen molar-refractivity contribution < 1.29 is 21.1 Å². The van der Waals surface area contributed by atoms with E-state index in [9.17, 15) is 0 Å². The minimum atomic E-state index is -0.696. The van der Waals surface area contributed by atoms with Gasteiger partial charge in [0.1, 0.15) is 0 Å². The summed E-state index contributed by atoms with van der Waals surface area (Å²) in [6, 6.07) is 0. The van der Waals surface area contributed by atoms with Crippen molar-refractivity contribution in [2.24, 2.45) is 0 Å². The SMILES string of the molecule is C[N-]C.C[N-]C.C[SiH](C)C1=[C-]CC=C1NC(C)(C)C.[Mo+3]. The molecule has 1 aliphatic rings. The second-order valence-electron chi connectivity index (χ2n) is 5.84. The molecule has 0 aromatic heterocycles. The van der Waals surface area contributed by atoms with Crippen LogP contribution in [0.15, 0.2) is 17.0 Å². The van der Waals surface area contributed by atoms with Gasteiger partial charge in [-0.25, -0.2) is 5.20 Å². The van der Waals surface area contributed by atoms with Crippen molar-refractivity contribution in [3.63, 3.8) is 0 Å². The summed E-state index contributed by atoms with van der Waals surface area (Å²) in [6.07, 6.45) is 6.71. The maximum atomic E-state index is 3.55. The second-order valence-corrected chi connectivity index (χ2v) is 8.72. The van der Waals surface area contributed by atoms with Crippen LogP contribution in [0.2, 0.25) is 13.1 Å². The molecular weight excluding hydrogens is 346 g/mol. The van der Waals surface area contributed by atoms with E-state index < -0.39 is 8.80 Å². The third kappa shape index (κ3) is 14.5. The van der Waals surface area contributed by atoms with E-state index >= 15 is 0 Å². The standard InChI is InChI=1S/C11H20NSi.2C2H6N.Mo/c1-11(2,3)12-9-7-6-8-10(9)13(4)5;2*1-3-2;/h7,12-13H,6H2,1-5H3;2*1-2H3;/q3*-1;+3. The summed E-state index contributed by atoms with van der Waals surface area (Å²) in [5.74, 6) is 0. The molecule has 1 rings (SSSR count). The van der Waals surface area contributed by atoms with Crippen LogP contribution in [-0.2, 0) is 21.1 Å². The van der Waals surface area contributed by atoms with Crippen molar-refractivity contribution in [2.45, 2.75) is 45.8 Å². The summed E-state index contributed by atoms with van der Waals surface area (Å²) in [7, 11) is 6.30. The van der Waals surface area contributed by atoms with E-state index in [-0.39, 0.29) is 26.6 Å². The summed E-state index contributed by atoms with van der Waals surface area (Å²) >= 11 is 0. The summed E-state index contributed by atoms with van der Waals surface area (Å²) < 4.78 is 0. The molecule has 0 saturated heterocycles. The molecule has 0 heterocycles. The van der Waals surface area contributed by atoms with Crippen molar-refractivity contribution in [1.29, 1.82) is 0 Å². The first-order valence-electron chi connectivity index (χ1n) is 6.78. The van der Waals surface area contributed by atoms with Crippen LogP contribution < -0.4 is 5.32 Å². The van der Waals surface area contributed by atoms with Gasteiger partial charge in [-0.05, 0) is 20.8 Å². The summed E-state index contributed by atoms with van der Waals surface area (Å²) in [5.41, 5.74) is 1.51. The van der Waals surface area contributed by atoms with Crippen LogP contribution in [0.25, 0.3) is 10.6 Å². The average Bonchev–Trinajstić information content (AvgIpc) is 2.65. The van der Waals surface area contributed by atoms with E-state index in [4.69, 9.17) is 0 Å². The van der Waals surface area contributed by atoms with Gasteiger partial charge in [-0.3, -0.25) is 6.08 Å². The normalized spacial score (nSPS) is 13.1. The molecular formula is C15H32MoN3Si. The Morgan fingerprint density at radius 3 is 1.80 bits per heavy atom. The molecule has 0 aromatic carbocycles. The minimum absolute atomic E-state index is 0. The smallest absolute Gasteiger partial charge is 0.668 e. The van der Waals surface area contributed by atoms with Crippen LogP contribution in [0.3, 0.4) is 0 Å². The van der Waals surface area contributed by atoms with Crippen molar-refractivity contribution in [1.82, 2.24) is 5.32 Å². The first-order chi connectivity index (χ1) is 8.73. The molecule has 0 aromatic rings. The Morgan fingerprint density at radius 1 is 1.10 bits per heavy atom. The summed E-state index contributed by atoms with van der Waals surface area (Å²) in [4.78, 5) is 0. The number of rotatable bonds is 2. The van der Waals surface area contributed by atoms with Gasteiger partial charge in [0.15, 0.2) is 0 Å². The maximum absolute atomic E-state index is 3.55. The van der Waals surface area contributed by atoms with Crippen LogP contribution >= 0.6 is 0 Å². The number of hydrogen-bond donors (Lipinski definition) is 1. The Hall–Kier alpha value is 0.105. The van der Waals surface area contributed by atoms with E-state index in [1.54, 1.807) is 28.2 Å². The van der Waals surface area contributed by atoms with E-state index in [1.165, 1.54) is 10.9 Å². The Balaban J connectivity index is -0.000000356. The Morgan fingerprint density at radius 2 is 1.50 bits per heavy atom. The average molecular weight is 378 g/mol. The largest absolute Gasteiger partial charge is 3.00 e. The first-order valence-corrected chi connectivity index (χ1v) is 9.67. The molecule has 1 aliphatic carbocycles. The Bertz CT molecular complexity index is 279. The molecule has 0 spiro atoms. The molecule has 5 heteroatoms. The third-order valence-electron chi connectivity index (χ3n) is 1.98. The fourth-order valence-electron chi connectivity index (χ4n) is 1.51. The molecule has 117 valence electrons. The van der Waals surface area contributed by atoms with Gasteiger partial charge in [-0.1, -0.05) is 13.1 Å². The molecule has 1 radical (unpaired) electrons. The molecule has 20 heavy (non-hydrogen) atoms. The van der Waals surface area contributed by atoms with E-state index in [0.29, 0.717) is 0 Å². The van der Waals surface area contributed by atoms with Gasteiger partial charge < -0.3 is 16.0 Å². The molecule has 0 atom stereocenters. The molecule has 0 fully saturated rings. The topological polar surface area (TPSA) is 40.2 Å². The predicted molar refractivity (Wildman–Crippen MR) is 91.6 cm³/mol. The van der Waals surface area contributed by atoms with Gasteiger partial charge in [0.2, 0.25) is 0 Å². The molecule has 0 bridgehead atoms. The minimum Gasteiger partial charge on any atom is -0.668 e. The maximum Gasteiger partial charge on any atom is 3.00 e. The van der Waals surface area contributed by atoms with Crippen molar-refractivity contribution >= 4 is 8.80 Å². The number of nitrogens with zero attached hydrogens (tertiary/aromatic N) is 2. The fourth-order valence-corrected chi connectivity index (χ4v) is 2.84. The zero-order valence-electron chi connectivity index (χ0n) is 14.7. The van der Waals surface area contributed by atoms with Crippen LogP contribution in [-0.4, -0.2) is 42.5 Å². The van der Waals surface area contributed by atoms with Gasteiger partial charge >= 0.3 is 21.1 Å². The molecule has 3 nitrogen and oxygen atoms in total. The zero-order chi connectivity index (χ0) is 15.5. The fraction of sp³-hybridized carbons (Fsp3) is 0.733. The van der Waals surface area contributed by atoms with Gasteiger partial charge in [0, 0.05) is 14.3 Å². The monoisotopic (exact) mass is 380 g/mol. The van der Waals surface area contributed by atoms with E-state index in [1.807, 2.05) is 0 Å². The molecule has 1 N–H and O–H groups in total. The quantitative estimate of drug-likeness (QED) is 0.578. The Kier molecular flexibility index (Phi) is 17.6. The first kappa shape index (κ1) is 25.1. The van der Waals surface area contributed by atoms with Gasteiger partial charge in [-0.15, -0.1) is 12.1 Å². The van der Waals surface area contributed by atoms with Crippen molar-refractivity contribution in [3.05, 3.63) is 33.7 Å². The predicted octanol–water partition coefficient (Wildman–Crippen LogP) is 3.65. The second kappa shape index (κ2) is 14.1. The van der Waals surface area contributed by atoms with E-state index in [2.05, 4.69) is 62.0 Å². The molecule has 0 saturated carbocycles. The van der Waals surface area contributed by atoms with Gasteiger partial charge in [-0.2, -0.15) is 34.3 Å².